The molecule has 1 N–H and O–H groups in total. The van der Waals surface area contributed by atoms with Crippen molar-refractivity contribution in [2.75, 3.05) is 12.1 Å². The summed E-state index contributed by atoms with van der Waals surface area (Å²) in [5, 5.41) is 3.95. The molecule has 1 amide bonds. The van der Waals surface area contributed by atoms with E-state index < -0.39 is 0 Å². The van der Waals surface area contributed by atoms with Crippen molar-refractivity contribution < 1.29 is 14.3 Å². The number of carbonyl (C=O) groups is 1. The third-order valence-corrected chi connectivity index (χ3v) is 5.06. The number of para-hydroxylation sites is 1. The van der Waals surface area contributed by atoms with Crippen molar-refractivity contribution in [3.63, 3.8) is 0 Å². The fourth-order valence-corrected chi connectivity index (χ4v) is 3.63. The first-order valence-corrected chi connectivity index (χ1v) is 9.36. The Labute approximate surface area is 180 Å². The molecular formula is C24H19ClN2O3. The summed E-state index contributed by atoms with van der Waals surface area (Å²) in [7, 11) is 0. The zero-order valence-corrected chi connectivity index (χ0v) is 17.0. The number of nitrogens with one attached hydrogen (secondary N) is 1. The normalized spacial score (nSPS) is 11.8. The molecule has 6 heteroatoms. The number of carbonyl (C=O) groups excluding carboxylic acids is 1. The Hall–Kier alpha value is -3.57. The van der Waals surface area contributed by atoms with Crippen LogP contribution in [0.3, 0.4) is 0 Å². The van der Waals surface area contributed by atoms with Crippen LogP contribution in [0, 0.1) is 6.92 Å². The first-order valence-electron chi connectivity index (χ1n) is 9.36. The molecule has 4 aromatic rings. The highest BCUT2D eigenvalue weighted by atomic mass is 35.5. The van der Waals surface area contributed by atoms with Crippen LogP contribution < -0.4 is 14.8 Å². The highest BCUT2D eigenvalue weighted by Gasteiger charge is 2.21. The van der Waals surface area contributed by atoms with Gasteiger partial charge in [-0.05, 0) is 30.7 Å². The van der Waals surface area contributed by atoms with E-state index in [9.17, 15) is 4.79 Å². The number of hydrogen-bond donors (Lipinski definition) is 1. The Balaban J connectivity index is 0.00000218. The van der Waals surface area contributed by atoms with E-state index in [-0.39, 0.29) is 25.1 Å². The number of halogens is 1. The van der Waals surface area contributed by atoms with Gasteiger partial charge in [-0.2, -0.15) is 0 Å². The van der Waals surface area contributed by atoms with Gasteiger partial charge in [0.25, 0.3) is 5.91 Å². The minimum absolute atomic E-state index is 0. The van der Waals surface area contributed by atoms with Crippen molar-refractivity contribution in [2.45, 2.75) is 6.92 Å². The molecule has 0 saturated heterocycles. The van der Waals surface area contributed by atoms with E-state index in [1.54, 1.807) is 18.2 Å². The Kier molecular flexibility index (Phi) is 5.29. The predicted octanol–water partition coefficient (Wildman–Crippen LogP) is 5.61. The molecule has 0 fully saturated rings. The van der Waals surface area contributed by atoms with Gasteiger partial charge in [-0.15, -0.1) is 12.4 Å². The minimum Gasteiger partial charge on any atom is -0.454 e. The van der Waals surface area contributed by atoms with Crippen LogP contribution in [0.4, 0.5) is 5.69 Å². The van der Waals surface area contributed by atoms with E-state index in [1.807, 2.05) is 61.5 Å². The lowest BCUT2D eigenvalue weighted by atomic mass is 9.97. The van der Waals surface area contributed by atoms with Gasteiger partial charge < -0.3 is 14.8 Å². The van der Waals surface area contributed by atoms with Crippen LogP contribution in [-0.4, -0.2) is 17.7 Å². The first kappa shape index (κ1) is 19.7. The molecule has 5 nitrogen and oxygen atoms in total. The Morgan fingerprint density at radius 1 is 0.933 bits per heavy atom. The van der Waals surface area contributed by atoms with Gasteiger partial charge >= 0.3 is 0 Å². The van der Waals surface area contributed by atoms with Gasteiger partial charge in [-0.1, -0.05) is 48.5 Å². The number of ether oxygens (including phenoxy) is 2. The molecule has 150 valence electrons. The summed E-state index contributed by atoms with van der Waals surface area (Å²) in [5.74, 6) is 1.09. The smallest absolute Gasteiger partial charge is 0.258 e. The summed E-state index contributed by atoms with van der Waals surface area (Å²) >= 11 is 0. The quantitative estimate of drug-likeness (QED) is 0.469. The van der Waals surface area contributed by atoms with Gasteiger partial charge in [-0.3, -0.25) is 4.79 Å². The summed E-state index contributed by atoms with van der Waals surface area (Å²) in [4.78, 5) is 18.2. The van der Waals surface area contributed by atoms with Gasteiger partial charge in [0.2, 0.25) is 6.79 Å². The third kappa shape index (κ3) is 3.44. The molecule has 0 aliphatic carbocycles. The summed E-state index contributed by atoms with van der Waals surface area (Å²) in [6.07, 6.45) is 0. The number of anilines is 1. The highest BCUT2D eigenvalue weighted by molar-refractivity contribution is 6.12. The van der Waals surface area contributed by atoms with Gasteiger partial charge in [0, 0.05) is 22.7 Å². The maximum atomic E-state index is 13.3. The second-order valence-electron chi connectivity index (χ2n) is 6.87. The number of rotatable bonds is 3. The van der Waals surface area contributed by atoms with Gasteiger partial charge in [0.05, 0.1) is 16.8 Å². The third-order valence-electron chi connectivity index (χ3n) is 5.06. The largest absolute Gasteiger partial charge is 0.454 e. The maximum absolute atomic E-state index is 13.3. The number of pyridine rings is 1. The molecule has 3 aromatic carbocycles. The number of benzene rings is 3. The molecule has 0 radical (unpaired) electrons. The molecule has 0 unspecified atom stereocenters. The number of aromatic nitrogens is 1. The van der Waals surface area contributed by atoms with Crippen LogP contribution in [0.5, 0.6) is 11.5 Å². The number of aryl methyl sites for hydroxylation is 1. The molecule has 0 atom stereocenters. The van der Waals surface area contributed by atoms with Crippen molar-refractivity contribution in [3.8, 4) is 22.8 Å². The lowest BCUT2D eigenvalue weighted by Gasteiger charge is -2.15. The van der Waals surface area contributed by atoms with Crippen LogP contribution in [-0.2, 0) is 0 Å². The molecule has 1 aliphatic rings. The zero-order chi connectivity index (χ0) is 19.8. The zero-order valence-electron chi connectivity index (χ0n) is 16.2. The van der Waals surface area contributed by atoms with Crippen LogP contribution in [0.25, 0.3) is 22.2 Å². The maximum Gasteiger partial charge on any atom is 0.258 e. The van der Waals surface area contributed by atoms with Crippen LogP contribution in [0.2, 0.25) is 0 Å². The van der Waals surface area contributed by atoms with Crippen molar-refractivity contribution in [1.82, 2.24) is 4.98 Å². The standard InChI is InChI=1S/C24H18N2O3.ClH/c1-15-18-9-5-6-10-19(18)26-23(16-7-3-2-4-8-16)22(15)24(27)25-17-11-12-20-21(13-17)29-14-28-20;/h2-13H,14H2,1H3,(H,25,27);1H. The average molecular weight is 419 g/mol. The molecule has 2 heterocycles. The van der Waals surface area contributed by atoms with E-state index in [4.69, 9.17) is 14.5 Å². The Morgan fingerprint density at radius 2 is 1.67 bits per heavy atom. The van der Waals surface area contributed by atoms with Gasteiger partial charge in [0.15, 0.2) is 11.5 Å². The topological polar surface area (TPSA) is 60.5 Å². The lowest BCUT2D eigenvalue weighted by Crippen LogP contribution is -2.16. The van der Waals surface area contributed by atoms with E-state index in [0.717, 1.165) is 22.0 Å². The first-order chi connectivity index (χ1) is 14.2. The van der Waals surface area contributed by atoms with Crippen LogP contribution >= 0.6 is 12.4 Å². The van der Waals surface area contributed by atoms with E-state index in [2.05, 4.69) is 5.32 Å². The van der Waals surface area contributed by atoms with Crippen molar-refractivity contribution in [3.05, 3.63) is 83.9 Å². The Morgan fingerprint density at radius 3 is 2.50 bits per heavy atom. The summed E-state index contributed by atoms with van der Waals surface area (Å²) in [6, 6.07) is 23.0. The van der Waals surface area contributed by atoms with E-state index >= 15 is 0 Å². The number of nitrogens with zero attached hydrogens (tertiary/aromatic N) is 1. The molecule has 30 heavy (non-hydrogen) atoms. The van der Waals surface area contributed by atoms with Crippen molar-refractivity contribution in [1.29, 1.82) is 0 Å². The van der Waals surface area contributed by atoms with Crippen molar-refractivity contribution in [2.24, 2.45) is 0 Å². The van der Waals surface area contributed by atoms with E-state index in [0.29, 0.717) is 28.4 Å². The Bertz CT molecular complexity index is 1240. The second-order valence-corrected chi connectivity index (χ2v) is 6.87. The van der Waals surface area contributed by atoms with Crippen molar-refractivity contribution >= 4 is 34.9 Å². The predicted molar refractivity (Wildman–Crippen MR) is 120 cm³/mol. The van der Waals surface area contributed by atoms with Crippen LogP contribution in [0.15, 0.2) is 72.8 Å². The molecule has 5 rings (SSSR count). The molecule has 1 aromatic heterocycles. The fraction of sp³-hybridized carbons (Fsp3) is 0.0833. The monoisotopic (exact) mass is 418 g/mol. The van der Waals surface area contributed by atoms with Gasteiger partial charge in [-0.25, -0.2) is 4.98 Å². The highest BCUT2D eigenvalue weighted by Crippen LogP contribution is 2.35. The second kappa shape index (κ2) is 8.05. The summed E-state index contributed by atoms with van der Waals surface area (Å²) in [5.41, 5.74) is 4.53. The summed E-state index contributed by atoms with van der Waals surface area (Å²) in [6.45, 7) is 2.16. The average Bonchev–Trinajstić information content (AvgIpc) is 3.22. The number of amides is 1. The molecule has 1 aliphatic heterocycles. The fourth-order valence-electron chi connectivity index (χ4n) is 3.63. The number of hydrogen-bond acceptors (Lipinski definition) is 4. The van der Waals surface area contributed by atoms with E-state index in [1.165, 1.54) is 0 Å². The molecule has 0 bridgehead atoms. The lowest BCUT2D eigenvalue weighted by molar-refractivity contribution is 0.102. The SMILES string of the molecule is Cc1c(C(=O)Nc2ccc3c(c2)OCO3)c(-c2ccccc2)nc2ccccc12.Cl. The van der Waals surface area contributed by atoms with Crippen LogP contribution in [0.1, 0.15) is 15.9 Å². The minimum atomic E-state index is -0.210. The molecule has 0 spiro atoms. The van der Waals surface area contributed by atoms with Gasteiger partial charge in [0.1, 0.15) is 0 Å². The molecular weight excluding hydrogens is 400 g/mol. The molecule has 0 saturated carbocycles. The number of fused-ring (bicyclic) bond motifs is 2. The summed E-state index contributed by atoms with van der Waals surface area (Å²) < 4.78 is 10.8.